The Kier molecular flexibility index (Phi) is 5.96. The molecule has 0 aliphatic carbocycles. The van der Waals surface area contributed by atoms with Gasteiger partial charge in [-0.2, -0.15) is 11.8 Å². The highest BCUT2D eigenvalue weighted by molar-refractivity contribution is 7.98. The largest absolute Gasteiger partial charge is 0.465 e. The zero-order chi connectivity index (χ0) is 18.4. The van der Waals surface area contributed by atoms with Crippen molar-refractivity contribution in [3.05, 3.63) is 71.4 Å². The lowest BCUT2D eigenvalue weighted by Crippen LogP contribution is -2.08. The second-order valence-electron chi connectivity index (χ2n) is 5.89. The Labute approximate surface area is 156 Å². The van der Waals surface area contributed by atoms with Gasteiger partial charge in [-0.15, -0.1) is 0 Å². The minimum atomic E-state index is -1.13. The first-order chi connectivity index (χ1) is 12.6. The zero-order valence-electron chi connectivity index (χ0n) is 14.4. The number of nitrogens with zero attached hydrogens (tertiary/aromatic N) is 1. The van der Waals surface area contributed by atoms with E-state index in [2.05, 4.69) is 40.8 Å². The zero-order valence-corrected chi connectivity index (χ0v) is 15.3. The summed E-state index contributed by atoms with van der Waals surface area (Å²) in [6, 6.07) is 18.4. The number of hydrogen-bond donors (Lipinski definition) is 2. The van der Waals surface area contributed by atoms with E-state index in [4.69, 9.17) is 9.63 Å². The third-order valence-corrected chi connectivity index (χ3v) is 4.96. The molecule has 0 spiro atoms. The number of rotatable bonds is 7. The number of benzene rings is 2. The van der Waals surface area contributed by atoms with E-state index >= 15 is 0 Å². The van der Waals surface area contributed by atoms with Gasteiger partial charge in [-0.1, -0.05) is 53.7 Å². The highest BCUT2D eigenvalue weighted by atomic mass is 32.2. The van der Waals surface area contributed by atoms with Crippen molar-refractivity contribution < 1.29 is 14.4 Å². The van der Waals surface area contributed by atoms with Crippen LogP contribution in [0.3, 0.4) is 0 Å². The summed E-state index contributed by atoms with van der Waals surface area (Å²) in [5.41, 5.74) is 4.23. The second-order valence-corrected chi connectivity index (χ2v) is 7.00. The van der Waals surface area contributed by atoms with Crippen LogP contribution in [-0.2, 0) is 12.2 Å². The summed E-state index contributed by atoms with van der Waals surface area (Å²) < 4.78 is 5.34. The number of anilines is 1. The first kappa shape index (κ1) is 18.1. The van der Waals surface area contributed by atoms with E-state index in [1.54, 1.807) is 6.92 Å². The third kappa shape index (κ3) is 4.67. The Morgan fingerprint density at radius 3 is 2.69 bits per heavy atom. The van der Waals surface area contributed by atoms with E-state index in [0.29, 0.717) is 17.1 Å². The molecule has 3 aromatic rings. The summed E-state index contributed by atoms with van der Waals surface area (Å²) in [6.07, 6.45) is -0.0933. The van der Waals surface area contributed by atoms with Crippen molar-refractivity contribution >= 4 is 23.5 Å². The number of thioether (sulfide) groups is 1. The number of amides is 1. The fourth-order valence-corrected chi connectivity index (χ4v) is 3.59. The van der Waals surface area contributed by atoms with E-state index in [0.717, 1.165) is 29.1 Å². The maximum Gasteiger partial charge on any atom is 0.409 e. The van der Waals surface area contributed by atoms with Gasteiger partial charge >= 0.3 is 6.09 Å². The fourth-order valence-electron chi connectivity index (χ4n) is 2.65. The number of aromatic nitrogens is 1. The first-order valence-electron chi connectivity index (χ1n) is 8.30. The van der Waals surface area contributed by atoms with Crippen LogP contribution in [0.4, 0.5) is 10.5 Å². The molecule has 1 amide bonds. The Morgan fingerprint density at radius 1 is 1.15 bits per heavy atom. The van der Waals surface area contributed by atoms with E-state index < -0.39 is 6.09 Å². The summed E-state index contributed by atoms with van der Waals surface area (Å²) in [5, 5.41) is 15.2. The maximum absolute atomic E-state index is 11.0. The topological polar surface area (TPSA) is 75.4 Å². The van der Waals surface area contributed by atoms with Crippen molar-refractivity contribution in [2.24, 2.45) is 0 Å². The summed E-state index contributed by atoms with van der Waals surface area (Å²) in [5.74, 6) is 2.37. The number of carboxylic acid groups (broad SMARTS) is 1. The quantitative estimate of drug-likeness (QED) is 0.560. The van der Waals surface area contributed by atoms with Crippen molar-refractivity contribution in [3.8, 4) is 11.3 Å². The Morgan fingerprint density at radius 2 is 1.92 bits per heavy atom. The summed E-state index contributed by atoms with van der Waals surface area (Å²) in [4.78, 5) is 11.0. The van der Waals surface area contributed by atoms with Crippen molar-refractivity contribution in [2.45, 2.75) is 19.1 Å². The molecular formula is C20H20N2O3S. The van der Waals surface area contributed by atoms with Gasteiger partial charge in [0.2, 0.25) is 0 Å². The highest BCUT2D eigenvalue weighted by Crippen LogP contribution is 2.32. The van der Waals surface area contributed by atoms with Crippen LogP contribution in [0, 0.1) is 6.92 Å². The molecule has 134 valence electrons. The highest BCUT2D eigenvalue weighted by Gasteiger charge is 2.17. The molecule has 0 unspecified atom stereocenters. The molecule has 0 fully saturated rings. The number of hydrogen-bond acceptors (Lipinski definition) is 4. The number of carbonyl (C=O) groups is 1. The molecule has 3 rings (SSSR count). The van der Waals surface area contributed by atoms with Gasteiger partial charge in [-0.3, -0.25) is 5.32 Å². The van der Waals surface area contributed by atoms with Crippen LogP contribution in [0.25, 0.3) is 11.3 Å². The lowest BCUT2D eigenvalue weighted by Gasteiger charge is -2.06. The minimum absolute atomic E-state index is 0.395. The van der Waals surface area contributed by atoms with Crippen LogP contribution >= 0.6 is 11.8 Å². The lowest BCUT2D eigenvalue weighted by molar-refractivity contribution is 0.209. The molecule has 1 heterocycles. The Bertz CT molecular complexity index is 878. The molecule has 0 atom stereocenters. The van der Waals surface area contributed by atoms with Gasteiger partial charge < -0.3 is 9.63 Å². The predicted molar refractivity (Wildman–Crippen MR) is 105 cm³/mol. The molecule has 0 aliphatic rings. The number of aryl methyl sites for hydroxylation is 2. The van der Waals surface area contributed by atoms with Crippen LogP contribution < -0.4 is 5.32 Å². The minimum Gasteiger partial charge on any atom is -0.465 e. The van der Waals surface area contributed by atoms with Gasteiger partial charge in [-0.05, 0) is 36.3 Å². The third-order valence-electron chi connectivity index (χ3n) is 3.93. The molecule has 0 aliphatic heterocycles. The van der Waals surface area contributed by atoms with E-state index in [1.807, 2.05) is 36.0 Å². The molecule has 2 aromatic carbocycles. The molecule has 0 saturated heterocycles. The van der Waals surface area contributed by atoms with Crippen molar-refractivity contribution in [2.75, 3.05) is 11.1 Å². The average molecular weight is 368 g/mol. The smallest absolute Gasteiger partial charge is 0.409 e. The van der Waals surface area contributed by atoms with Crippen LogP contribution in [0.15, 0.2) is 59.1 Å². The SMILES string of the molecule is Cc1noc(-c2cccc(CSCCc3ccccc3)c2)c1NC(=O)O. The normalized spacial score (nSPS) is 10.7. The molecule has 2 N–H and O–H groups in total. The van der Waals surface area contributed by atoms with E-state index in [9.17, 15) is 4.79 Å². The molecule has 6 heteroatoms. The van der Waals surface area contributed by atoms with Crippen LogP contribution in [0.2, 0.25) is 0 Å². The summed E-state index contributed by atoms with van der Waals surface area (Å²) >= 11 is 1.87. The predicted octanol–water partition coefficient (Wildman–Crippen LogP) is 5.22. The standard InChI is InChI=1S/C20H20N2O3S/c1-14-18(21-20(23)24)19(25-22-14)17-9-5-8-16(12-17)13-26-11-10-15-6-3-2-4-7-15/h2-9,12,21H,10-11,13H2,1H3,(H,23,24). The number of nitrogens with one attached hydrogen (secondary N) is 1. The monoisotopic (exact) mass is 368 g/mol. The first-order valence-corrected chi connectivity index (χ1v) is 9.46. The van der Waals surface area contributed by atoms with Gasteiger partial charge in [0.05, 0.1) is 0 Å². The average Bonchev–Trinajstić information content (AvgIpc) is 3.00. The van der Waals surface area contributed by atoms with Crippen LogP contribution in [0.1, 0.15) is 16.8 Å². The Hall–Kier alpha value is -2.73. The molecule has 0 bridgehead atoms. The Balaban J connectivity index is 1.64. The molecule has 0 saturated carbocycles. The molecule has 1 aromatic heterocycles. The van der Waals surface area contributed by atoms with Crippen LogP contribution in [-0.4, -0.2) is 22.1 Å². The molecule has 26 heavy (non-hydrogen) atoms. The summed E-state index contributed by atoms with van der Waals surface area (Å²) in [7, 11) is 0. The second kappa shape index (κ2) is 8.58. The van der Waals surface area contributed by atoms with Crippen molar-refractivity contribution in [3.63, 3.8) is 0 Å². The maximum atomic E-state index is 11.0. The molecule has 5 nitrogen and oxygen atoms in total. The molecular weight excluding hydrogens is 348 g/mol. The summed E-state index contributed by atoms with van der Waals surface area (Å²) in [6.45, 7) is 1.71. The van der Waals surface area contributed by atoms with Crippen molar-refractivity contribution in [1.82, 2.24) is 5.16 Å². The van der Waals surface area contributed by atoms with E-state index in [-0.39, 0.29) is 0 Å². The molecule has 0 radical (unpaired) electrons. The van der Waals surface area contributed by atoms with Gasteiger partial charge in [0.15, 0.2) is 5.76 Å². The van der Waals surface area contributed by atoms with Gasteiger partial charge in [-0.25, -0.2) is 4.79 Å². The van der Waals surface area contributed by atoms with Crippen molar-refractivity contribution in [1.29, 1.82) is 0 Å². The van der Waals surface area contributed by atoms with E-state index in [1.165, 1.54) is 5.56 Å². The van der Waals surface area contributed by atoms with Gasteiger partial charge in [0.25, 0.3) is 0 Å². The van der Waals surface area contributed by atoms with Crippen LogP contribution in [0.5, 0.6) is 0 Å². The fraction of sp³-hybridized carbons (Fsp3) is 0.200. The van der Waals surface area contributed by atoms with Gasteiger partial charge in [0.1, 0.15) is 11.4 Å². The van der Waals surface area contributed by atoms with Gasteiger partial charge in [0, 0.05) is 11.3 Å². The lowest BCUT2D eigenvalue weighted by atomic mass is 10.1.